The molecule has 20 heavy (non-hydrogen) atoms. The Kier molecular flexibility index (Phi) is 3.32. The summed E-state index contributed by atoms with van der Waals surface area (Å²) >= 11 is 3.35. The lowest BCUT2D eigenvalue weighted by Gasteiger charge is -2.01. The Morgan fingerprint density at radius 3 is 2.60 bits per heavy atom. The van der Waals surface area contributed by atoms with E-state index in [1.54, 1.807) is 25.3 Å². The van der Waals surface area contributed by atoms with E-state index in [1.165, 1.54) is 0 Å². The molecule has 0 aliphatic carbocycles. The quantitative estimate of drug-likeness (QED) is 0.778. The summed E-state index contributed by atoms with van der Waals surface area (Å²) in [5.41, 5.74) is 1.47. The van der Waals surface area contributed by atoms with E-state index in [-0.39, 0.29) is 5.78 Å². The van der Waals surface area contributed by atoms with Crippen LogP contribution in [-0.4, -0.2) is 12.9 Å². The minimum absolute atomic E-state index is 0.0999. The van der Waals surface area contributed by atoms with E-state index in [0.29, 0.717) is 17.1 Å². The van der Waals surface area contributed by atoms with Crippen LogP contribution in [0.4, 0.5) is 0 Å². The zero-order valence-electron chi connectivity index (χ0n) is 10.7. The van der Waals surface area contributed by atoms with Crippen molar-refractivity contribution in [3.05, 3.63) is 63.8 Å². The topological polar surface area (TPSA) is 35.5 Å². The van der Waals surface area contributed by atoms with Gasteiger partial charge in [-0.25, -0.2) is 0 Å². The molecule has 0 saturated heterocycles. The molecule has 1 aliphatic heterocycles. The van der Waals surface area contributed by atoms with E-state index in [0.717, 1.165) is 15.8 Å². The van der Waals surface area contributed by atoms with Crippen LogP contribution in [0.25, 0.3) is 6.08 Å². The number of carbonyl (C=O) groups is 1. The van der Waals surface area contributed by atoms with Gasteiger partial charge in [0.2, 0.25) is 5.78 Å². The summed E-state index contributed by atoms with van der Waals surface area (Å²) in [7, 11) is 1.62. The van der Waals surface area contributed by atoms with E-state index in [9.17, 15) is 4.79 Å². The van der Waals surface area contributed by atoms with Crippen molar-refractivity contribution in [1.82, 2.24) is 0 Å². The number of allylic oxidation sites excluding steroid dienone is 1. The number of Topliss-reactive ketones (excluding diaryl/α,β-unsaturated/α-hetero) is 1. The molecule has 0 spiro atoms. The number of ether oxygens (including phenoxy) is 2. The summed E-state index contributed by atoms with van der Waals surface area (Å²) in [4.78, 5) is 12.2. The summed E-state index contributed by atoms with van der Waals surface area (Å²) in [5.74, 6) is 1.61. The first-order valence-electron chi connectivity index (χ1n) is 6.05. The predicted octanol–water partition coefficient (Wildman–Crippen LogP) is 4.07. The van der Waals surface area contributed by atoms with Crippen molar-refractivity contribution in [1.29, 1.82) is 0 Å². The molecule has 0 radical (unpaired) electrons. The number of carbonyl (C=O) groups excluding carboxylic acids is 1. The van der Waals surface area contributed by atoms with Crippen LogP contribution in [0.5, 0.6) is 11.5 Å². The first-order chi connectivity index (χ1) is 9.67. The molecular weight excluding hydrogens is 320 g/mol. The molecule has 1 aliphatic rings. The molecule has 3 rings (SSSR count). The highest BCUT2D eigenvalue weighted by Gasteiger charge is 2.27. The third kappa shape index (κ3) is 2.34. The van der Waals surface area contributed by atoms with Gasteiger partial charge < -0.3 is 9.47 Å². The molecule has 2 aromatic rings. The Morgan fingerprint density at radius 2 is 1.90 bits per heavy atom. The van der Waals surface area contributed by atoms with Crippen molar-refractivity contribution in [2.24, 2.45) is 0 Å². The van der Waals surface area contributed by atoms with Crippen LogP contribution in [-0.2, 0) is 0 Å². The van der Waals surface area contributed by atoms with Gasteiger partial charge in [-0.15, -0.1) is 0 Å². The highest BCUT2D eigenvalue weighted by molar-refractivity contribution is 9.10. The molecule has 0 bridgehead atoms. The fourth-order valence-electron chi connectivity index (χ4n) is 2.01. The molecule has 100 valence electrons. The number of ketones is 1. The standard InChI is InChI=1S/C16H11BrO3/c1-19-12-5-2-10(3-6-12)8-15-16(18)13-9-11(17)4-7-14(13)20-15/h2-9H,1H3/b15-8+. The predicted molar refractivity (Wildman–Crippen MR) is 80.1 cm³/mol. The number of benzene rings is 2. The van der Waals surface area contributed by atoms with Crippen molar-refractivity contribution in [3.63, 3.8) is 0 Å². The highest BCUT2D eigenvalue weighted by atomic mass is 79.9. The number of halogens is 1. The molecule has 4 heteroatoms. The van der Waals surface area contributed by atoms with Crippen LogP contribution in [0.15, 0.2) is 52.7 Å². The van der Waals surface area contributed by atoms with Crippen LogP contribution >= 0.6 is 15.9 Å². The first-order valence-corrected chi connectivity index (χ1v) is 6.84. The van der Waals surface area contributed by atoms with Crippen LogP contribution in [0.3, 0.4) is 0 Å². The van der Waals surface area contributed by atoms with Gasteiger partial charge in [-0.05, 0) is 42.0 Å². The molecule has 0 aromatic heterocycles. The van der Waals surface area contributed by atoms with Crippen molar-refractivity contribution < 1.29 is 14.3 Å². The minimum Gasteiger partial charge on any atom is -0.497 e. The summed E-state index contributed by atoms with van der Waals surface area (Å²) < 4.78 is 11.6. The van der Waals surface area contributed by atoms with Gasteiger partial charge in [0.05, 0.1) is 12.7 Å². The summed E-state index contributed by atoms with van der Waals surface area (Å²) in [6.45, 7) is 0. The van der Waals surface area contributed by atoms with E-state index in [2.05, 4.69) is 15.9 Å². The smallest absolute Gasteiger partial charge is 0.232 e. The molecule has 1 heterocycles. The lowest BCUT2D eigenvalue weighted by molar-refractivity contribution is 0.101. The number of hydrogen-bond acceptors (Lipinski definition) is 3. The normalized spacial score (nSPS) is 15.1. The Hall–Kier alpha value is -2.07. The summed E-state index contributed by atoms with van der Waals surface area (Å²) in [6, 6.07) is 12.8. The number of rotatable bonds is 2. The fraction of sp³-hybridized carbons (Fsp3) is 0.0625. The Labute approximate surface area is 125 Å². The third-order valence-corrected chi connectivity index (χ3v) is 3.54. The molecule has 2 aromatic carbocycles. The third-order valence-electron chi connectivity index (χ3n) is 3.04. The maximum Gasteiger partial charge on any atom is 0.232 e. The molecule has 0 saturated carbocycles. The Morgan fingerprint density at radius 1 is 1.15 bits per heavy atom. The van der Waals surface area contributed by atoms with Gasteiger partial charge in [-0.3, -0.25) is 4.79 Å². The maximum absolute atomic E-state index is 12.2. The molecule has 0 fully saturated rings. The monoisotopic (exact) mass is 330 g/mol. The molecule has 0 unspecified atom stereocenters. The second kappa shape index (κ2) is 5.13. The van der Waals surface area contributed by atoms with Gasteiger partial charge >= 0.3 is 0 Å². The largest absolute Gasteiger partial charge is 0.497 e. The van der Waals surface area contributed by atoms with Gasteiger partial charge in [0.1, 0.15) is 11.5 Å². The Balaban J connectivity index is 1.92. The lowest BCUT2D eigenvalue weighted by Crippen LogP contribution is -1.98. The van der Waals surface area contributed by atoms with Gasteiger partial charge in [0.15, 0.2) is 5.76 Å². The van der Waals surface area contributed by atoms with E-state index in [4.69, 9.17) is 9.47 Å². The van der Waals surface area contributed by atoms with E-state index in [1.807, 2.05) is 30.3 Å². The van der Waals surface area contributed by atoms with Crippen LogP contribution < -0.4 is 9.47 Å². The second-order valence-electron chi connectivity index (χ2n) is 4.35. The van der Waals surface area contributed by atoms with Crippen molar-refractivity contribution in [2.75, 3.05) is 7.11 Å². The minimum atomic E-state index is -0.0999. The van der Waals surface area contributed by atoms with Crippen molar-refractivity contribution >= 4 is 27.8 Å². The molecule has 3 nitrogen and oxygen atoms in total. The number of fused-ring (bicyclic) bond motifs is 1. The fourth-order valence-corrected chi connectivity index (χ4v) is 2.37. The summed E-state index contributed by atoms with van der Waals surface area (Å²) in [5, 5.41) is 0. The first kappa shape index (κ1) is 12.9. The van der Waals surface area contributed by atoms with E-state index < -0.39 is 0 Å². The average molecular weight is 331 g/mol. The van der Waals surface area contributed by atoms with Crippen molar-refractivity contribution in [2.45, 2.75) is 0 Å². The van der Waals surface area contributed by atoms with Gasteiger partial charge in [-0.1, -0.05) is 28.1 Å². The molecule has 0 atom stereocenters. The number of hydrogen-bond donors (Lipinski definition) is 0. The van der Waals surface area contributed by atoms with Crippen LogP contribution in [0, 0.1) is 0 Å². The van der Waals surface area contributed by atoms with E-state index >= 15 is 0 Å². The SMILES string of the molecule is COc1ccc(/C=C2/Oc3ccc(Br)cc3C2=O)cc1. The van der Waals surface area contributed by atoms with Gasteiger partial charge in [0, 0.05) is 4.47 Å². The number of methoxy groups -OCH3 is 1. The average Bonchev–Trinajstić information content (AvgIpc) is 2.76. The zero-order chi connectivity index (χ0) is 14.1. The molecule has 0 amide bonds. The lowest BCUT2D eigenvalue weighted by atomic mass is 10.1. The highest BCUT2D eigenvalue weighted by Crippen LogP contribution is 2.33. The Bertz CT molecular complexity index is 702. The maximum atomic E-state index is 12.2. The van der Waals surface area contributed by atoms with Crippen LogP contribution in [0.1, 0.15) is 15.9 Å². The van der Waals surface area contributed by atoms with Crippen molar-refractivity contribution in [3.8, 4) is 11.5 Å². The zero-order valence-corrected chi connectivity index (χ0v) is 12.3. The second-order valence-corrected chi connectivity index (χ2v) is 5.27. The van der Waals surface area contributed by atoms with Gasteiger partial charge in [0.25, 0.3) is 0 Å². The summed E-state index contributed by atoms with van der Waals surface area (Å²) in [6.07, 6.45) is 1.73. The molecule has 0 N–H and O–H groups in total. The molecular formula is C16H11BrO3. The van der Waals surface area contributed by atoms with Gasteiger partial charge in [-0.2, -0.15) is 0 Å². The van der Waals surface area contributed by atoms with Crippen LogP contribution in [0.2, 0.25) is 0 Å².